The van der Waals surface area contributed by atoms with Crippen LogP contribution in [0.5, 0.6) is 0 Å². The summed E-state index contributed by atoms with van der Waals surface area (Å²) in [6.45, 7) is 2.38. The highest BCUT2D eigenvalue weighted by atomic mass is 35.5. The first-order valence-electron chi connectivity index (χ1n) is 6.69. The third-order valence-corrected chi connectivity index (χ3v) is 4.67. The number of rotatable bonds is 9. The summed E-state index contributed by atoms with van der Waals surface area (Å²) >= 11 is 5.66. The number of aryl methyl sites for hydroxylation is 1. The maximum Gasteiger partial charge on any atom is 0.240 e. The van der Waals surface area contributed by atoms with Crippen molar-refractivity contribution in [1.82, 2.24) is 4.72 Å². The molecule has 0 aliphatic carbocycles. The van der Waals surface area contributed by atoms with Gasteiger partial charge >= 0.3 is 0 Å². The summed E-state index contributed by atoms with van der Waals surface area (Å²) in [5, 5.41) is 0. The summed E-state index contributed by atoms with van der Waals surface area (Å²) in [6.07, 6.45) is 2.38. The molecule has 6 heteroatoms. The van der Waals surface area contributed by atoms with E-state index in [1.807, 2.05) is 6.92 Å². The first-order valence-corrected chi connectivity index (χ1v) is 8.71. The maximum absolute atomic E-state index is 12.3. The van der Waals surface area contributed by atoms with Crippen LogP contribution in [-0.2, 0) is 21.2 Å². The predicted molar refractivity (Wildman–Crippen MR) is 81.8 cm³/mol. The van der Waals surface area contributed by atoms with Gasteiger partial charge in [0.2, 0.25) is 10.0 Å². The van der Waals surface area contributed by atoms with Crippen LogP contribution >= 0.6 is 11.6 Å². The van der Waals surface area contributed by atoms with Crippen LogP contribution in [0.3, 0.4) is 0 Å². The molecule has 0 amide bonds. The molecular weight excluding hydrogens is 298 g/mol. The van der Waals surface area contributed by atoms with Crippen molar-refractivity contribution in [3.63, 3.8) is 0 Å². The summed E-state index contributed by atoms with van der Waals surface area (Å²) < 4.78 is 32.3. The SMILES string of the molecule is CCCC(COC)NS(=O)(=O)c1ccc(CCCl)cc1. The van der Waals surface area contributed by atoms with Crippen LogP contribution in [0.15, 0.2) is 29.2 Å². The van der Waals surface area contributed by atoms with Crippen LogP contribution in [-0.4, -0.2) is 34.1 Å². The van der Waals surface area contributed by atoms with Gasteiger partial charge < -0.3 is 4.74 Å². The second-order valence-corrected chi connectivity index (χ2v) is 6.74. The van der Waals surface area contributed by atoms with Gasteiger partial charge in [0, 0.05) is 19.0 Å². The largest absolute Gasteiger partial charge is 0.383 e. The molecule has 0 saturated heterocycles. The fraction of sp³-hybridized carbons (Fsp3) is 0.571. The highest BCUT2D eigenvalue weighted by molar-refractivity contribution is 7.89. The fourth-order valence-corrected chi connectivity index (χ4v) is 3.43. The van der Waals surface area contributed by atoms with Gasteiger partial charge in [0.15, 0.2) is 0 Å². The molecule has 0 fully saturated rings. The zero-order valence-corrected chi connectivity index (χ0v) is 13.5. The van der Waals surface area contributed by atoms with Crippen molar-refractivity contribution in [3.05, 3.63) is 29.8 Å². The second kappa shape index (κ2) is 8.62. The Labute approximate surface area is 126 Å². The van der Waals surface area contributed by atoms with Crippen LogP contribution < -0.4 is 4.72 Å². The number of benzene rings is 1. The number of alkyl halides is 1. The summed E-state index contributed by atoms with van der Waals surface area (Å²) in [5.74, 6) is 0.525. The Bertz CT molecular complexity index is 482. The summed E-state index contributed by atoms with van der Waals surface area (Å²) in [4.78, 5) is 0.271. The molecule has 0 aliphatic heterocycles. The third-order valence-electron chi connectivity index (χ3n) is 2.94. The summed E-state index contributed by atoms with van der Waals surface area (Å²) in [7, 11) is -1.93. The Hall–Kier alpha value is -0.620. The molecule has 0 heterocycles. The molecule has 0 bridgehead atoms. The van der Waals surface area contributed by atoms with Crippen molar-refractivity contribution in [2.24, 2.45) is 0 Å². The molecule has 1 rings (SSSR count). The Morgan fingerprint density at radius 2 is 1.95 bits per heavy atom. The van der Waals surface area contributed by atoms with E-state index in [9.17, 15) is 8.42 Å². The molecule has 0 aromatic heterocycles. The number of sulfonamides is 1. The van der Waals surface area contributed by atoms with Gasteiger partial charge in [0.1, 0.15) is 0 Å². The van der Waals surface area contributed by atoms with Crippen LogP contribution in [0.4, 0.5) is 0 Å². The topological polar surface area (TPSA) is 55.4 Å². The minimum atomic E-state index is -3.50. The van der Waals surface area contributed by atoms with Crippen LogP contribution in [0.2, 0.25) is 0 Å². The number of ether oxygens (including phenoxy) is 1. The minimum absolute atomic E-state index is 0.197. The number of halogens is 1. The highest BCUT2D eigenvalue weighted by Crippen LogP contribution is 2.13. The van der Waals surface area contributed by atoms with E-state index < -0.39 is 10.0 Å². The molecule has 0 aliphatic rings. The van der Waals surface area contributed by atoms with E-state index in [1.54, 1.807) is 31.4 Å². The molecule has 114 valence electrons. The Balaban J connectivity index is 2.80. The first-order chi connectivity index (χ1) is 9.53. The van der Waals surface area contributed by atoms with Gasteiger partial charge in [0.25, 0.3) is 0 Å². The molecule has 0 spiro atoms. The van der Waals surface area contributed by atoms with Crippen LogP contribution in [0.1, 0.15) is 25.3 Å². The molecule has 1 atom stereocenters. The standard InChI is InChI=1S/C14H22ClNO3S/c1-3-4-13(11-19-2)16-20(17,18)14-7-5-12(6-8-14)9-10-15/h5-8,13,16H,3-4,9-11H2,1-2H3. The molecule has 0 saturated carbocycles. The van der Waals surface area contributed by atoms with Gasteiger partial charge in [-0.2, -0.15) is 0 Å². The van der Waals surface area contributed by atoms with Crippen molar-refractivity contribution in [1.29, 1.82) is 0 Å². The molecule has 1 N–H and O–H groups in total. The van der Waals surface area contributed by atoms with Gasteiger partial charge in [-0.05, 0) is 30.5 Å². The van der Waals surface area contributed by atoms with Crippen LogP contribution in [0.25, 0.3) is 0 Å². The summed E-state index contributed by atoms with van der Waals surface area (Å²) in [6, 6.07) is 6.61. The van der Waals surface area contributed by atoms with Crippen molar-refractivity contribution >= 4 is 21.6 Å². The second-order valence-electron chi connectivity index (χ2n) is 4.65. The van der Waals surface area contributed by atoms with Gasteiger partial charge in [-0.25, -0.2) is 13.1 Å². The third kappa shape index (κ3) is 5.40. The van der Waals surface area contributed by atoms with E-state index in [4.69, 9.17) is 16.3 Å². The molecule has 4 nitrogen and oxygen atoms in total. The van der Waals surface area contributed by atoms with Gasteiger partial charge in [0.05, 0.1) is 11.5 Å². The average Bonchev–Trinajstić information content (AvgIpc) is 2.40. The lowest BCUT2D eigenvalue weighted by Gasteiger charge is -2.17. The first kappa shape index (κ1) is 17.4. The van der Waals surface area contributed by atoms with Gasteiger partial charge in [-0.1, -0.05) is 25.5 Å². The van der Waals surface area contributed by atoms with Crippen molar-refractivity contribution in [2.45, 2.75) is 37.1 Å². The lowest BCUT2D eigenvalue weighted by atomic mass is 10.2. The Morgan fingerprint density at radius 1 is 1.30 bits per heavy atom. The lowest BCUT2D eigenvalue weighted by molar-refractivity contribution is 0.171. The van der Waals surface area contributed by atoms with E-state index >= 15 is 0 Å². The number of hydrogen-bond donors (Lipinski definition) is 1. The maximum atomic E-state index is 12.3. The van der Waals surface area contributed by atoms with Gasteiger partial charge in [-0.15, -0.1) is 11.6 Å². The smallest absolute Gasteiger partial charge is 0.240 e. The van der Waals surface area contributed by atoms with Crippen molar-refractivity contribution in [3.8, 4) is 0 Å². The molecule has 1 aromatic carbocycles. The van der Waals surface area contributed by atoms with Crippen molar-refractivity contribution < 1.29 is 13.2 Å². The lowest BCUT2D eigenvalue weighted by Crippen LogP contribution is -2.37. The number of nitrogens with one attached hydrogen (secondary N) is 1. The zero-order valence-electron chi connectivity index (χ0n) is 11.9. The molecule has 1 aromatic rings. The molecule has 0 radical (unpaired) electrons. The number of hydrogen-bond acceptors (Lipinski definition) is 3. The average molecular weight is 320 g/mol. The zero-order chi connectivity index (χ0) is 15.0. The normalized spacial score (nSPS) is 13.3. The van der Waals surface area contributed by atoms with E-state index in [2.05, 4.69) is 4.72 Å². The van der Waals surface area contributed by atoms with Crippen molar-refractivity contribution in [2.75, 3.05) is 19.6 Å². The fourth-order valence-electron chi connectivity index (χ4n) is 1.96. The highest BCUT2D eigenvalue weighted by Gasteiger charge is 2.19. The monoisotopic (exact) mass is 319 g/mol. The van der Waals surface area contributed by atoms with Crippen LogP contribution in [0, 0.1) is 0 Å². The van der Waals surface area contributed by atoms with Gasteiger partial charge in [-0.3, -0.25) is 0 Å². The Morgan fingerprint density at radius 3 is 2.45 bits per heavy atom. The number of methoxy groups -OCH3 is 1. The quantitative estimate of drug-likeness (QED) is 0.712. The molecular formula is C14H22ClNO3S. The van der Waals surface area contributed by atoms with E-state index in [0.717, 1.165) is 24.8 Å². The molecule has 20 heavy (non-hydrogen) atoms. The van der Waals surface area contributed by atoms with E-state index in [1.165, 1.54) is 0 Å². The predicted octanol–water partition coefficient (Wildman–Crippen LogP) is 2.56. The summed E-state index contributed by atoms with van der Waals surface area (Å²) in [5.41, 5.74) is 1.03. The molecule has 1 unspecified atom stereocenters. The van der Waals surface area contributed by atoms with E-state index in [0.29, 0.717) is 12.5 Å². The minimum Gasteiger partial charge on any atom is -0.383 e. The van der Waals surface area contributed by atoms with E-state index in [-0.39, 0.29) is 10.9 Å². The Kier molecular flexibility index (Phi) is 7.51.